The minimum Gasteiger partial charge on any atom is -0.480 e. The van der Waals surface area contributed by atoms with E-state index in [0.29, 0.717) is 22.8 Å². The summed E-state index contributed by atoms with van der Waals surface area (Å²) < 4.78 is 0. The largest absolute Gasteiger partial charge is 0.480 e. The molecule has 16 heavy (non-hydrogen) atoms. The van der Waals surface area contributed by atoms with Gasteiger partial charge in [-0.1, -0.05) is 18.7 Å². The number of aromatic nitrogens is 2. The first kappa shape index (κ1) is 12.8. The standard InChI is InChI=1S/C10H14N2O3S/c1-4-7(9(14)15)16-10-11-6(3)5(2)8(13)12-10/h7H,4H2,1-3H3,(H,14,15)(H,11,12,13)/t7-/m1/s1. The monoisotopic (exact) mass is 242 g/mol. The predicted molar refractivity (Wildman–Crippen MR) is 61.9 cm³/mol. The number of carboxylic acid groups (broad SMARTS) is 1. The van der Waals surface area contributed by atoms with Crippen molar-refractivity contribution in [3.05, 3.63) is 21.6 Å². The second-order valence-electron chi connectivity index (χ2n) is 3.43. The van der Waals surface area contributed by atoms with Gasteiger partial charge in [0.05, 0.1) is 0 Å². The maximum atomic E-state index is 11.4. The van der Waals surface area contributed by atoms with Crippen LogP contribution in [0, 0.1) is 13.8 Å². The number of H-pyrrole nitrogens is 1. The molecule has 0 amide bonds. The lowest BCUT2D eigenvalue weighted by Crippen LogP contribution is -2.19. The average molecular weight is 242 g/mol. The first-order valence-electron chi connectivity index (χ1n) is 4.92. The van der Waals surface area contributed by atoms with Gasteiger partial charge in [0.15, 0.2) is 5.16 Å². The highest BCUT2D eigenvalue weighted by Crippen LogP contribution is 2.21. The zero-order valence-electron chi connectivity index (χ0n) is 9.40. The summed E-state index contributed by atoms with van der Waals surface area (Å²) in [4.78, 5) is 29.0. The average Bonchev–Trinajstić information content (AvgIpc) is 2.21. The fraction of sp³-hybridized carbons (Fsp3) is 0.500. The lowest BCUT2D eigenvalue weighted by molar-refractivity contribution is -0.136. The molecule has 88 valence electrons. The van der Waals surface area contributed by atoms with Gasteiger partial charge >= 0.3 is 5.97 Å². The molecule has 5 nitrogen and oxygen atoms in total. The van der Waals surface area contributed by atoms with Crippen LogP contribution in [-0.4, -0.2) is 26.3 Å². The molecule has 0 aliphatic rings. The quantitative estimate of drug-likeness (QED) is 0.615. The predicted octanol–water partition coefficient (Wildman–Crippen LogP) is 1.34. The van der Waals surface area contributed by atoms with Crippen LogP contribution in [0.5, 0.6) is 0 Å². The number of carbonyl (C=O) groups is 1. The summed E-state index contributed by atoms with van der Waals surface area (Å²) in [5.41, 5.74) is 0.981. The molecule has 1 heterocycles. The van der Waals surface area contributed by atoms with Crippen LogP contribution in [0.3, 0.4) is 0 Å². The normalized spacial score (nSPS) is 12.4. The Hall–Kier alpha value is -1.30. The van der Waals surface area contributed by atoms with E-state index in [-0.39, 0.29) is 5.56 Å². The Morgan fingerprint density at radius 2 is 2.19 bits per heavy atom. The van der Waals surface area contributed by atoms with Crippen molar-refractivity contribution in [3.8, 4) is 0 Å². The maximum absolute atomic E-state index is 11.4. The highest BCUT2D eigenvalue weighted by molar-refractivity contribution is 8.00. The third-order valence-corrected chi connectivity index (χ3v) is 3.51. The summed E-state index contributed by atoms with van der Waals surface area (Å²) in [5.74, 6) is -0.895. The van der Waals surface area contributed by atoms with E-state index in [4.69, 9.17) is 5.11 Å². The summed E-state index contributed by atoms with van der Waals surface area (Å²) in [6, 6.07) is 0. The Kier molecular flexibility index (Phi) is 4.12. The molecular weight excluding hydrogens is 228 g/mol. The first-order valence-corrected chi connectivity index (χ1v) is 5.80. The summed E-state index contributed by atoms with van der Waals surface area (Å²) in [7, 11) is 0. The van der Waals surface area contributed by atoms with Crippen LogP contribution in [-0.2, 0) is 4.79 Å². The molecule has 0 bridgehead atoms. The molecule has 0 aliphatic carbocycles. The molecule has 1 aromatic rings. The van der Waals surface area contributed by atoms with Crippen LogP contribution >= 0.6 is 11.8 Å². The van der Waals surface area contributed by atoms with Crippen molar-refractivity contribution in [2.45, 2.75) is 37.6 Å². The molecular formula is C10H14N2O3S. The number of hydrogen-bond acceptors (Lipinski definition) is 4. The summed E-state index contributed by atoms with van der Waals surface area (Å²) in [5, 5.41) is 8.67. The second kappa shape index (κ2) is 5.16. The SMILES string of the molecule is CC[C@@H](Sc1nc(C)c(C)c(=O)[nH]1)C(=O)O. The Balaban J connectivity index is 2.98. The highest BCUT2D eigenvalue weighted by atomic mass is 32.2. The van der Waals surface area contributed by atoms with Crippen LogP contribution < -0.4 is 5.56 Å². The van der Waals surface area contributed by atoms with E-state index in [9.17, 15) is 9.59 Å². The lowest BCUT2D eigenvalue weighted by atomic mass is 10.3. The lowest BCUT2D eigenvalue weighted by Gasteiger charge is -2.09. The summed E-state index contributed by atoms with van der Waals surface area (Å²) >= 11 is 1.07. The van der Waals surface area contributed by atoms with Gasteiger partial charge in [-0.25, -0.2) is 4.98 Å². The number of nitrogens with zero attached hydrogens (tertiary/aromatic N) is 1. The van der Waals surface area contributed by atoms with E-state index >= 15 is 0 Å². The summed E-state index contributed by atoms with van der Waals surface area (Å²) in [6.45, 7) is 5.20. The number of nitrogens with one attached hydrogen (secondary N) is 1. The van der Waals surface area contributed by atoms with Crippen molar-refractivity contribution in [1.82, 2.24) is 9.97 Å². The number of carboxylic acids is 1. The van der Waals surface area contributed by atoms with E-state index in [2.05, 4.69) is 9.97 Å². The van der Waals surface area contributed by atoms with Gasteiger partial charge in [0.2, 0.25) is 0 Å². The van der Waals surface area contributed by atoms with Crippen LogP contribution in [0.4, 0.5) is 0 Å². The van der Waals surface area contributed by atoms with Gasteiger partial charge in [0.1, 0.15) is 5.25 Å². The van der Waals surface area contributed by atoms with Crippen molar-refractivity contribution in [2.24, 2.45) is 0 Å². The van der Waals surface area contributed by atoms with E-state index in [1.807, 2.05) is 0 Å². The zero-order chi connectivity index (χ0) is 12.3. The molecule has 2 N–H and O–H groups in total. The smallest absolute Gasteiger partial charge is 0.317 e. The van der Waals surface area contributed by atoms with Crippen molar-refractivity contribution in [3.63, 3.8) is 0 Å². The Bertz CT molecular complexity index is 456. The molecule has 1 rings (SSSR count). The van der Waals surface area contributed by atoms with Gasteiger partial charge in [-0.05, 0) is 20.3 Å². The third-order valence-electron chi connectivity index (χ3n) is 2.27. The molecule has 6 heteroatoms. The molecule has 0 unspecified atom stereocenters. The van der Waals surface area contributed by atoms with Crippen molar-refractivity contribution in [2.75, 3.05) is 0 Å². The van der Waals surface area contributed by atoms with E-state index in [0.717, 1.165) is 11.8 Å². The van der Waals surface area contributed by atoms with E-state index in [1.165, 1.54) is 0 Å². The Morgan fingerprint density at radius 1 is 1.56 bits per heavy atom. The highest BCUT2D eigenvalue weighted by Gasteiger charge is 2.18. The third kappa shape index (κ3) is 2.85. The van der Waals surface area contributed by atoms with Gasteiger partial charge in [-0.15, -0.1) is 0 Å². The first-order chi connectivity index (χ1) is 7.45. The Morgan fingerprint density at radius 3 is 2.62 bits per heavy atom. The summed E-state index contributed by atoms with van der Waals surface area (Å²) in [6.07, 6.45) is 0.483. The number of hydrogen-bond donors (Lipinski definition) is 2. The molecule has 0 saturated heterocycles. The topological polar surface area (TPSA) is 83.0 Å². The van der Waals surface area contributed by atoms with E-state index in [1.54, 1.807) is 20.8 Å². The molecule has 0 aliphatic heterocycles. The van der Waals surface area contributed by atoms with Crippen molar-refractivity contribution >= 4 is 17.7 Å². The number of aromatic amines is 1. The van der Waals surface area contributed by atoms with Gasteiger partial charge in [0.25, 0.3) is 5.56 Å². The van der Waals surface area contributed by atoms with Crippen LogP contribution in [0.15, 0.2) is 9.95 Å². The second-order valence-corrected chi connectivity index (χ2v) is 4.63. The van der Waals surface area contributed by atoms with Gasteiger partial charge in [-0.2, -0.15) is 0 Å². The number of rotatable bonds is 4. The molecule has 0 spiro atoms. The van der Waals surface area contributed by atoms with Gasteiger partial charge < -0.3 is 10.1 Å². The maximum Gasteiger partial charge on any atom is 0.317 e. The molecule has 0 fully saturated rings. The zero-order valence-corrected chi connectivity index (χ0v) is 10.2. The number of aliphatic carboxylic acids is 1. The molecule has 0 aromatic carbocycles. The number of aryl methyl sites for hydroxylation is 1. The van der Waals surface area contributed by atoms with E-state index < -0.39 is 11.2 Å². The van der Waals surface area contributed by atoms with Crippen LogP contribution in [0.2, 0.25) is 0 Å². The minimum atomic E-state index is -0.895. The molecule has 0 radical (unpaired) electrons. The fourth-order valence-corrected chi connectivity index (χ4v) is 2.00. The van der Waals surface area contributed by atoms with Crippen LogP contribution in [0.1, 0.15) is 24.6 Å². The van der Waals surface area contributed by atoms with Crippen molar-refractivity contribution in [1.29, 1.82) is 0 Å². The van der Waals surface area contributed by atoms with Gasteiger partial charge in [-0.3, -0.25) is 9.59 Å². The van der Waals surface area contributed by atoms with Gasteiger partial charge in [0, 0.05) is 11.3 Å². The molecule has 0 saturated carbocycles. The fourth-order valence-electron chi connectivity index (χ4n) is 1.12. The number of thioether (sulfide) groups is 1. The minimum absolute atomic E-state index is 0.213. The van der Waals surface area contributed by atoms with Crippen molar-refractivity contribution < 1.29 is 9.90 Å². The van der Waals surface area contributed by atoms with Crippen LogP contribution in [0.25, 0.3) is 0 Å². The Labute approximate surface area is 97.3 Å². The molecule has 1 atom stereocenters. The molecule has 1 aromatic heterocycles.